The SMILES string of the molecule is CC[C@H](C(=O)N[C@@H](C)CC)N(Cc1cccc(OC)c1)C(=O)CN1C(=O)c2cccc3cccc1c23. The third-order valence-corrected chi connectivity index (χ3v) is 6.82. The molecule has 1 heterocycles. The van der Waals surface area contributed by atoms with Crippen molar-refractivity contribution in [3.05, 3.63) is 71.8 Å². The van der Waals surface area contributed by atoms with E-state index in [-0.39, 0.29) is 36.9 Å². The molecule has 1 aliphatic heterocycles. The number of benzene rings is 3. The van der Waals surface area contributed by atoms with Crippen LogP contribution in [-0.2, 0) is 16.1 Å². The fraction of sp³-hybridized carbons (Fsp3) is 0.345. The number of hydrogen-bond acceptors (Lipinski definition) is 4. The van der Waals surface area contributed by atoms with E-state index in [1.54, 1.807) is 18.1 Å². The summed E-state index contributed by atoms with van der Waals surface area (Å²) >= 11 is 0. The zero-order chi connectivity index (χ0) is 25.8. The fourth-order valence-corrected chi connectivity index (χ4v) is 4.69. The van der Waals surface area contributed by atoms with Gasteiger partial charge in [0.05, 0.1) is 12.8 Å². The van der Waals surface area contributed by atoms with Crippen LogP contribution in [0.2, 0.25) is 0 Å². The number of anilines is 1. The molecule has 0 unspecified atom stereocenters. The van der Waals surface area contributed by atoms with E-state index in [0.717, 1.165) is 28.4 Å². The van der Waals surface area contributed by atoms with Gasteiger partial charge in [-0.25, -0.2) is 0 Å². The molecule has 4 rings (SSSR count). The van der Waals surface area contributed by atoms with Crippen LogP contribution >= 0.6 is 0 Å². The zero-order valence-electron chi connectivity index (χ0n) is 21.3. The molecule has 2 atom stereocenters. The number of rotatable bonds is 10. The Labute approximate surface area is 212 Å². The van der Waals surface area contributed by atoms with E-state index < -0.39 is 6.04 Å². The van der Waals surface area contributed by atoms with Crippen molar-refractivity contribution in [2.24, 2.45) is 0 Å². The molecule has 0 aromatic heterocycles. The molecule has 3 aromatic carbocycles. The first kappa shape index (κ1) is 25.2. The standard InChI is InChI=1S/C29H33N3O4/c1-5-19(3)30-28(34)24(6-2)31(17-20-10-7-13-22(16-20)36-4)26(33)18-32-25-15-9-12-21-11-8-14-23(27(21)25)29(32)35/h7-16,19,24H,5-6,17-18H2,1-4H3,(H,30,34)/t19-,24+/m0/s1. The van der Waals surface area contributed by atoms with Crippen molar-refractivity contribution in [3.63, 3.8) is 0 Å². The van der Waals surface area contributed by atoms with Crippen molar-refractivity contribution < 1.29 is 19.1 Å². The number of nitrogens with one attached hydrogen (secondary N) is 1. The lowest BCUT2D eigenvalue weighted by atomic mass is 10.1. The molecule has 36 heavy (non-hydrogen) atoms. The van der Waals surface area contributed by atoms with Crippen LogP contribution in [0.25, 0.3) is 10.8 Å². The molecule has 0 spiro atoms. The number of hydrogen-bond donors (Lipinski definition) is 1. The molecule has 3 aromatic rings. The van der Waals surface area contributed by atoms with Crippen molar-refractivity contribution in [3.8, 4) is 5.75 Å². The Morgan fingerprint density at radius 3 is 2.44 bits per heavy atom. The zero-order valence-corrected chi connectivity index (χ0v) is 21.3. The quantitative estimate of drug-likeness (QED) is 0.456. The Kier molecular flexibility index (Phi) is 7.58. The predicted octanol–water partition coefficient (Wildman–Crippen LogP) is 4.53. The van der Waals surface area contributed by atoms with Crippen LogP contribution in [0.5, 0.6) is 5.75 Å². The predicted molar refractivity (Wildman–Crippen MR) is 141 cm³/mol. The highest BCUT2D eigenvalue weighted by Gasteiger charge is 2.35. The van der Waals surface area contributed by atoms with Crippen LogP contribution in [0.15, 0.2) is 60.7 Å². The number of amides is 3. The average molecular weight is 488 g/mol. The van der Waals surface area contributed by atoms with Crippen molar-refractivity contribution >= 4 is 34.2 Å². The molecule has 0 bridgehead atoms. The van der Waals surface area contributed by atoms with E-state index >= 15 is 0 Å². The molecular formula is C29H33N3O4. The first-order chi connectivity index (χ1) is 17.4. The first-order valence-electron chi connectivity index (χ1n) is 12.4. The number of methoxy groups -OCH3 is 1. The van der Waals surface area contributed by atoms with E-state index in [9.17, 15) is 14.4 Å². The maximum atomic E-state index is 13.9. The molecule has 0 aliphatic carbocycles. The minimum Gasteiger partial charge on any atom is -0.497 e. The Morgan fingerprint density at radius 1 is 1.03 bits per heavy atom. The third kappa shape index (κ3) is 4.91. The van der Waals surface area contributed by atoms with Crippen LogP contribution in [0.4, 0.5) is 5.69 Å². The van der Waals surface area contributed by atoms with Crippen LogP contribution in [0.1, 0.15) is 49.5 Å². The largest absolute Gasteiger partial charge is 0.497 e. The number of carbonyl (C=O) groups excluding carboxylic acids is 3. The summed E-state index contributed by atoms with van der Waals surface area (Å²) in [5, 5.41) is 4.84. The molecule has 188 valence electrons. The molecule has 7 heteroatoms. The summed E-state index contributed by atoms with van der Waals surface area (Å²) in [5.41, 5.74) is 2.16. The minimum absolute atomic E-state index is 0.00687. The van der Waals surface area contributed by atoms with Gasteiger partial charge in [0.15, 0.2) is 0 Å². The highest BCUT2D eigenvalue weighted by atomic mass is 16.5. The average Bonchev–Trinajstić information content (AvgIpc) is 3.16. The van der Waals surface area contributed by atoms with Gasteiger partial charge in [-0.05, 0) is 55.0 Å². The van der Waals surface area contributed by atoms with Crippen molar-refractivity contribution in [1.82, 2.24) is 10.2 Å². The van der Waals surface area contributed by atoms with Crippen molar-refractivity contribution in [1.29, 1.82) is 0 Å². The fourth-order valence-electron chi connectivity index (χ4n) is 4.69. The Balaban J connectivity index is 1.65. The molecule has 1 aliphatic rings. The summed E-state index contributed by atoms with van der Waals surface area (Å²) in [6.07, 6.45) is 1.23. The lowest BCUT2D eigenvalue weighted by molar-refractivity contribution is -0.140. The second-order valence-electron chi connectivity index (χ2n) is 9.19. The van der Waals surface area contributed by atoms with E-state index in [0.29, 0.717) is 17.7 Å². The molecule has 0 saturated heterocycles. The van der Waals surface area contributed by atoms with Gasteiger partial charge >= 0.3 is 0 Å². The maximum absolute atomic E-state index is 13.9. The number of nitrogens with zero attached hydrogens (tertiary/aromatic N) is 2. The Bertz CT molecular complexity index is 1280. The summed E-state index contributed by atoms with van der Waals surface area (Å²) in [7, 11) is 1.59. The first-order valence-corrected chi connectivity index (χ1v) is 12.4. The van der Waals surface area contributed by atoms with Crippen LogP contribution in [0.3, 0.4) is 0 Å². The van der Waals surface area contributed by atoms with E-state index in [1.165, 1.54) is 4.90 Å². The maximum Gasteiger partial charge on any atom is 0.259 e. The van der Waals surface area contributed by atoms with Gasteiger partial charge in [-0.3, -0.25) is 19.3 Å². The molecule has 1 N–H and O–H groups in total. The van der Waals surface area contributed by atoms with Crippen molar-refractivity contribution in [2.75, 3.05) is 18.6 Å². The van der Waals surface area contributed by atoms with Crippen LogP contribution < -0.4 is 15.0 Å². The van der Waals surface area contributed by atoms with E-state index in [2.05, 4.69) is 5.32 Å². The summed E-state index contributed by atoms with van der Waals surface area (Å²) in [4.78, 5) is 43.5. The summed E-state index contributed by atoms with van der Waals surface area (Å²) in [6.45, 7) is 5.91. The van der Waals surface area contributed by atoms with Gasteiger partial charge in [0.25, 0.3) is 5.91 Å². The minimum atomic E-state index is -0.673. The summed E-state index contributed by atoms with van der Waals surface area (Å²) in [5.74, 6) is -0.00852. The van der Waals surface area contributed by atoms with E-state index in [1.807, 2.05) is 75.4 Å². The second-order valence-corrected chi connectivity index (χ2v) is 9.19. The summed E-state index contributed by atoms with van der Waals surface area (Å²) < 4.78 is 5.35. The Morgan fingerprint density at radius 2 is 1.75 bits per heavy atom. The third-order valence-electron chi connectivity index (χ3n) is 6.82. The monoisotopic (exact) mass is 487 g/mol. The van der Waals surface area contributed by atoms with Gasteiger partial charge < -0.3 is 15.0 Å². The van der Waals surface area contributed by atoms with E-state index in [4.69, 9.17) is 4.74 Å². The molecular weight excluding hydrogens is 454 g/mol. The molecule has 0 fully saturated rings. The smallest absolute Gasteiger partial charge is 0.259 e. The topological polar surface area (TPSA) is 79.0 Å². The van der Waals surface area contributed by atoms with Gasteiger partial charge in [0.2, 0.25) is 11.8 Å². The lowest BCUT2D eigenvalue weighted by Gasteiger charge is -2.33. The number of ether oxygens (including phenoxy) is 1. The molecule has 3 amide bonds. The van der Waals surface area contributed by atoms with Crippen LogP contribution in [0, 0.1) is 0 Å². The van der Waals surface area contributed by atoms with Gasteiger partial charge in [-0.15, -0.1) is 0 Å². The van der Waals surface area contributed by atoms with Crippen LogP contribution in [-0.4, -0.2) is 48.4 Å². The van der Waals surface area contributed by atoms with Gasteiger partial charge in [0, 0.05) is 23.5 Å². The highest BCUT2D eigenvalue weighted by molar-refractivity contribution is 6.26. The molecule has 0 saturated carbocycles. The lowest BCUT2D eigenvalue weighted by Crippen LogP contribution is -2.53. The molecule has 0 radical (unpaired) electrons. The normalized spacial score (nSPS) is 14.0. The van der Waals surface area contributed by atoms with Gasteiger partial charge in [0.1, 0.15) is 18.3 Å². The highest BCUT2D eigenvalue weighted by Crippen LogP contribution is 2.37. The summed E-state index contributed by atoms with van der Waals surface area (Å²) in [6, 6.07) is 18.1. The van der Waals surface area contributed by atoms with Gasteiger partial charge in [-0.1, -0.05) is 50.2 Å². The molecule has 7 nitrogen and oxygen atoms in total. The Hall–Kier alpha value is -3.87. The number of carbonyl (C=O) groups is 3. The van der Waals surface area contributed by atoms with Crippen molar-refractivity contribution in [2.45, 2.75) is 52.2 Å². The van der Waals surface area contributed by atoms with Gasteiger partial charge in [-0.2, -0.15) is 0 Å². The second kappa shape index (κ2) is 10.8.